The standard InChI is InChI=1S/C26H23NO5/c1-31-23-15-9-8-14-21(23)17-22(20-12-6-3-7-13-20)26(30)32-18-25(29)27-24(28)16-19-10-4-2-5-11-19/h2-15,17H,16,18H2,1H3,(H,27,28,29)/b22-17+. The molecule has 6 heteroatoms. The van der Waals surface area contributed by atoms with Crippen LogP contribution in [0.3, 0.4) is 0 Å². The Balaban J connectivity index is 1.68. The summed E-state index contributed by atoms with van der Waals surface area (Å²) in [5, 5.41) is 2.24. The van der Waals surface area contributed by atoms with E-state index in [1.165, 1.54) is 0 Å². The maximum Gasteiger partial charge on any atom is 0.339 e. The maximum atomic E-state index is 12.8. The second-order valence-electron chi connectivity index (χ2n) is 6.88. The zero-order valence-electron chi connectivity index (χ0n) is 17.6. The summed E-state index contributed by atoms with van der Waals surface area (Å²) in [5.74, 6) is -1.25. The Hall–Kier alpha value is -4.19. The summed E-state index contributed by atoms with van der Waals surface area (Å²) in [6.45, 7) is -0.574. The molecule has 3 aromatic rings. The number of carbonyl (C=O) groups is 3. The van der Waals surface area contributed by atoms with Gasteiger partial charge in [-0.15, -0.1) is 0 Å². The van der Waals surface area contributed by atoms with Crippen molar-refractivity contribution in [3.05, 3.63) is 102 Å². The van der Waals surface area contributed by atoms with Crippen molar-refractivity contribution in [1.29, 1.82) is 0 Å². The zero-order valence-corrected chi connectivity index (χ0v) is 17.6. The molecule has 6 nitrogen and oxygen atoms in total. The van der Waals surface area contributed by atoms with Crippen LogP contribution in [-0.2, 0) is 25.5 Å². The van der Waals surface area contributed by atoms with Crippen LogP contribution in [0.1, 0.15) is 16.7 Å². The number of benzene rings is 3. The first-order valence-corrected chi connectivity index (χ1v) is 10.0. The second kappa shape index (κ2) is 11.3. The van der Waals surface area contributed by atoms with Crippen LogP contribution in [0.15, 0.2) is 84.9 Å². The van der Waals surface area contributed by atoms with Gasteiger partial charge in [0.25, 0.3) is 5.91 Å². The van der Waals surface area contributed by atoms with Gasteiger partial charge in [0.15, 0.2) is 6.61 Å². The first-order chi connectivity index (χ1) is 15.6. The number of carbonyl (C=O) groups excluding carboxylic acids is 3. The number of methoxy groups -OCH3 is 1. The maximum absolute atomic E-state index is 12.8. The predicted molar refractivity (Wildman–Crippen MR) is 122 cm³/mol. The zero-order chi connectivity index (χ0) is 22.8. The van der Waals surface area contributed by atoms with Crippen molar-refractivity contribution >= 4 is 29.4 Å². The topological polar surface area (TPSA) is 81.7 Å². The lowest BCUT2D eigenvalue weighted by Gasteiger charge is -2.11. The molecule has 32 heavy (non-hydrogen) atoms. The normalized spacial score (nSPS) is 10.8. The van der Waals surface area contributed by atoms with Crippen LogP contribution in [0, 0.1) is 0 Å². The molecule has 0 bridgehead atoms. The molecule has 3 rings (SSSR count). The second-order valence-corrected chi connectivity index (χ2v) is 6.88. The van der Waals surface area contributed by atoms with Gasteiger partial charge in [0.05, 0.1) is 19.1 Å². The Bertz CT molecular complexity index is 1110. The molecule has 0 atom stereocenters. The van der Waals surface area contributed by atoms with Crippen LogP contribution in [-0.4, -0.2) is 31.5 Å². The summed E-state index contributed by atoms with van der Waals surface area (Å²) in [7, 11) is 1.55. The molecular formula is C26H23NO5. The number of esters is 1. The fourth-order valence-electron chi connectivity index (χ4n) is 3.04. The predicted octanol–water partition coefficient (Wildman–Crippen LogP) is 3.66. The Morgan fingerprint density at radius 1 is 0.812 bits per heavy atom. The third-order valence-corrected chi connectivity index (χ3v) is 4.56. The molecule has 0 aliphatic carbocycles. The molecule has 0 aliphatic rings. The average Bonchev–Trinajstić information content (AvgIpc) is 2.82. The molecule has 162 valence electrons. The number of imide groups is 1. The van der Waals surface area contributed by atoms with Gasteiger partial charge in [-0.1, -0.05) is 78.9 Å². The highest BCUT2D eigenvalue weighted by Crippen LogP contribution is 2.25. The van der Waals surface area contributed by atoms with Crippen LogP contribution in [0.2, 0.25) is 0 Å². The highest BCUT2D eigenvalue weighted by molar-refractivity contribution is 6.22. The van der Waals surface area contributed by atoms with Gasteiger partial charge in [-0.3, -0.25) is 14.9 Å². The van der Waals surface area contributed by atoms with E-state index in [9.17, 15) is 14.4 Å². The molecule has 0 fully saturated rings. The van der Waals surface area contributed by atoms with E-state index in [1.54, 1.807) is 55.7 Å². The molecule has 0 unspecified atom stereocenters. The van der Waals surface area contributed by atoms with Crippen molar-refractivity contribution in [2.75, 3.05) is 13.7 Å². The van der Waals surface area contributed by atoms with Gasteiger partial charge < -0.3 is 9.47 Å². The summed E-state index contributed by atoms with van der Waals surface area (Å²) >= 11 is 0. The summed E-state index contributed by atoms with van der Waals surface area (Å²) < 4.78 is 10.6. The van der Waals surface area contributed by atoms with Gasteiger partial charge in [0.1, 0.15) is 5.75 Å². The number of amides is 2. The largest absolute Gasteiger partial charge is 0.496 e. The lowest BCUT2D eigenvalue weighted by Crippen LogP contribution is -2.35. The first kappa shape index (κ1) is 22.5. The summed E-state index contributed by atoms with van der Waals surface area (Å²) in [5.41, 5.74) is 2.36. The summed E-state index contributed by atoms with van der Waals surface area (Å²) in [6.07, 6.45) is 1.71. The van der Waals surface area contributed by atoms with Crippen LogP contribution < -0.4 is 10.1 Å². The lowest BCUT2D eigenvalue weighted by atomic mass is 10.0. The van der Waals surface area contributed by atoms with E-state index in [0.29, 0.717) is 16.9 Å². The highest BCUT2D eigenvalue weighted by Gasteiger charge is 2.17. The third kappa shape index (κ3) is 6.40. The minimum absolute atomic E-state index is 0.0590. The SMILES string of the molecule is COc1ccccc1/C=C(/C(=O)OCC(=O)NC(=O)Cc1ccccc1)c1ccccc1. The Kier molecular flexibility index (Phi) is 7.92. The Morgan fingerprint density at radius 3 is 2.12 bits per heavy atom. The molecule has 0 heterocycles. The minimum atomic E-state index is -0.691. The monoisotopic (exact) mass is 429 g/mol. The van der Waals surface area contributed by atoms with Crippen LogP contribution >= 0.6 is 0 Å². The van der Waals surface area contributed by atoms with E-state index in [4.69, 9.17) is 9.47 Å². The lowest BCUT2D eigenvalue weighted by molar-refractivity contribution is -0.144. The van der Waals surface area contributed by atoms with Crippen LogP contribution in [0.5, 0.6) is 5.75 Å². The van der Waals surface area contributed by atoms with E-state index >= 15 is 0 Å². The molecule has 0 spiro atoms. The van der Waals surface area contributed by atoms with Crippen molar-refractivity contribution in [1.82, 2.24) is 5.32 Å². The molecule has 2 amide bonds. The van der Waals surface area contributed by atoms with E-state index in [2.05, 4.69) is 5.32 Å². The molecule has 0 saturated heterocycles. The summed E-state index contributed by atoms with van der Waals surface area (Å²) in [4.78, 5) is 37.0. The van der Waals surface area contributed by atoms with Gasteiger partial charge in [0, 0.05) is 5.56 Å². The van der Waals surface area contributed by atoms with Crippen molar-refractivity contribution in [3.63, 3.8) is 0 Å². The molecular weight excluding hydrogens is 406 g/mol. The number of rotatable bonds is 8. The number of hydrogen-bond donors (Lipinski definition) is 1. The Morgan fingerprint density at radius 2 is 1.44 bits per heavy atom. The van der Waals surface area contributed by atoms with Crippen molar-refractivity contribution in [3.8, 4) is 5.75 Å². The van der Waals surface area contributed by atoms with E-state index in [0.717, 1.165) is 5.56 Å². The number of nitrogens with one attached hydrogen (secondary N) is 1. The average molecular weight is 429 g/mol. The molecule has 3 aromatic carbocycles. The fourth-order valence-corrected chi connectivity index (χ4v) is 3.04. The van der Waals surface area contributed by atoms with E-state index in [-0.39, 0.29) is 12.0 Å². The van der Waals surface area contributed by atoms with Crippen LogP contribution in [0.4, 0.5) is 0 Å². The number of hydrogen-bond acceptors (Lipinski definition) is 5. The molecule has 0 radical (unpaired) electrons. The van der Waals surface area contributed by atoms with Crippen molar-refractivity contribution < 1.29 is 23.9 Å². The van der Waals surface area contributed by atoms with Gasteiger partial charge in [-0.2, -0.15) is 0 Å². The van der Waals surface area contributed by atoms with Crippen LogP contribution in [0.25, 0.3) is 11.6 Å². The molecule has 0 saturated carbocycles. The minimum Gasteiger partial charge on any atom is -0.496 e. The molecule has 1 N–H and O–H groups in total. The smallest absolute Gasteiger partial charge is 0.339 e. The molecule has 0 aliphatic heterocycles. The van der Waals surface area contributed by atoms with Gasteiger partial charge in [-0.25, -0.2) is 4.79 Å². The number of ether oxygens (including phenoxy) is 2. The van der Waals surface area contributed by atoms with Gasteiger partial charge in [-0.05, 0) is 23.3 Å². The Labute approximate surface area is 186 Å². The third-order valence-electron chi connectivity index (χ3n) is 4.56. The first-order valence-electron chi connectivity index (χ1n) is 10.0. The van der Waals surface area contributed by atoms with E-state index in [1.807, 2.05) is 42.5 Å². The van der Waals surface area contributed by atoms with E-state index < -0.39 is 24.4 Å². The highest BCUT2D eigenvalue weighted by atomic mass is 16.5. The number of para-hydroxylation sites is 1. The van der Waals surface area contributed by atoms with Gasteiger partial charge >= 0.3 is 5.97 Å². The molecule has 0 aromatic heterocycles. The van der Waals surface area contributed by atoms with Gasteiger partial charge in [0.2, 0.25) is 5.91 Å². The van der Waals surface area contributed by atoms with Crippen molar-refractivity contribution in [2.45, 2.75) is 6.42 Å². The fraction of sp³-hybridized carbons (Fsp3) is 0.115. The quantitative estimate of drug-likeness (QED) is 0.336. The van der Waals surface area contributed by atoms with Crippen molar-refractivity contribution in [2.24, 2.45) is 0 Å². The summed E-state index contributed by atoms with van der Waals surface area (Å²) in [6, 6.07) is 25.3.